The number of allylic oxidation sites excluding steroid dienone is 1. The van der Waals surface area contributed by atoms with Crippen molar-refractivity contribution in [1.82, 2.24) is 4.98 Å². The van der Waals surface area contributed by atoms with Gasteiger partial charge < -0.3 is 24.9 Å². The molecule has 1 aromatic carbocycles. The molecule has 7 heteroatoms. The van der Waals surface area contributed by atoms with Crippen molar-refractivity contribution >= 4 is 0 Å². The van der Waals surface area contributed by atoms with Crippen molar-refractivity contribution in [3.63, 3.8) is 0 Å². The van der Waals surface area contributed by atoms with Gasteiger partial charge in [-0.3, -0.25) is 4.79 Å². The molecule has 0 amide bonds. The van der Waals surface area contributed by atoms with Crippen LogP contribution in [0.5, 0.6) is 17.2 Å². The molecule has 1 atom stereocenters. The van der Waals surface area contributed by atoms with Gasteiger partial charge in [-0.2, -0.15) is 5.26 Å². The number of hydrogen-bond donors (Lipinski definition) is 2. The van der Waals surface area contributed by atoms with E-state index in [4.69, 9.17) is 19.9 Å². The Bertz CT molecular complexity index is 1000. The summed E-state index contributed by atoms with van der Waals surface area (Å²) >= 11 is 0. The monoisotopic (exact) mass is 367 g/mol. The number of aryl methyl sites for hydroxylation is 1. The molecule has 0 saturated carbocycles. The normalized spacial score (nSPS) is 15.6. The minimum atomic E-state index is -0.655. The Morgan fingerprint density at radius 3 is 2.59 bits per heavy atom. The van der Waals surface area contributed by atoms with Gasteiger partial charge in [-0.25, -0.2) is 0 Å². The maximum atomic E-state index is 12.7. The first-order valence-corrected chi connectivity index (χ1v) is 8.71. The maximum absolute atomic E-state index is 12.7. The third-order valence-electron chi connectivity index (χ3n) is 4.25. The highest BCUT2D eigenvalue weighted by Gasteiger charge is 2.33. The molecule has 140 valence electrons. The maximum Gasteiger partial charge on any atom is 0.256 e. The highest BCUT2D eigenvalue weighted by molar-refractivity contribution is 5.57. The number of hydrogen-bond acceptors (Lipinski definition) is 6. The van der Waals surface area contributed by atoms with Gasteiger partial charge in [0.1, 0.15) is 17.4 Å². The lowest BCUT2D eigenvalue weighted by Gasteiger charge is -2.26. The summed E-state index contributed by atoms with van der Waals surface area (Å²) in [5.74, 6) is 0.836. The van der Waals surface area contributed by atoms with Gasteiger partial charge in [0.2, 0.25) is 5.88 Å². The van der Waals surface area contributed by atoms with Crippen LogP contribution in [0.3, 0.4) is 0 Å². The zero-order chi connectivity index (χ0) is 19.6. The first-order chi connectivity index (χ1) is 13.0. The topological polar surface area (TPSA) is 110 Å². The molecule has 2 heterocycles. The Morgan fingerprint density at radius 1 is 1.22 bits per heavy atom. The molecule has 0 aliphatic carbocycles. The molecule has 0 unspecified atom stereocenters. The number of rotatable bonds is 5. The van der Waals surface area contributed by atoms with E-state index in [0.717, 1.165) is 0 Å². The quantitative estimate of drug-likeness (QED) is 0.841. The summed E-state index contributed by atoms with van der Waals surface area (Å²) in [6.07, 6.45) is 0. The van der Waals surface area contributed by atoms with Crippen LogP contribution in [0.2, 0.25) is 0 Å². The predicted molar refractivity (Wildman–Crippen MR) is 99.9 cm³/mol. The van der Waals surface area contributed by atoms with E-state index in [1.165, 1.54) is 0 Å². The fraction of sp³-hybridized carbons (Fsp3) is 0.300. The second-order valence-corrected chi connectivity index (χ2v) is 6.06. The number of pyridine rings is 1. The van der Waals surface area contributed by atoms with Crippen LogP contribution in [0.4, 0.5) is 0 Å². The molecule has 2 aromatic rings. The van der Waals surface area contributed by atoms with Gasteiger partial charge in [-0.05, 0) is 38.5 Å². The predicted octanol–water partition coefficient (Wildman–Crippen LogP) is 2.70. The van der Waals surface area contributed by atoms with Crippen LogP contribution in [0.15, 0.2) is 40.5 Å². The largest absolute Gasteiger partial charge is 0.490 e. The van der Waals surface area contributed by atoms with Crippen LogP contribution in [-0.2, 0) is 0 Å². The van der Waals surface area contributed by atoms with Crippen molar-refractivity contribution in [2.24, 2.45) is 5.73 Å². The van der Waals surface area contributed by atoms with E-state index in [-0.39, 0.29) is 17.0 Å². The summed E-state index contributed by atoms with van der Waals surface area (Å²) < 4.78 is 16.8. The first-order valence-electron chi connectivity index (χ1n) is 8.71. The summed E-state index contributed by atoms with van der Waals surface area (Å²) in [4.78, 5) is 15.4. The molecule has 1 aliphatic heterocycles. The number of nitrogens with zero attached hydrogens (tertiary/aromatic N) is 1. The van der Waals surface area contributed by atoms with E-state index in [0.29, 0.717) is 47.3 Å². The third kappa shape index (κ3) is 3.34. The summed E-state index contributed by atoms with van der Waals surface area (Å²) in [7, 11) is 0. The van der Waals surface area contributed by atoms with E-state index in [1.807, 2.05) is 13.8 Å². The van der Waals surface area contributed by atoms with E-state index >= 15 is 0 Å². The minimum absolute atomic E-state index is 0.00755. The highest BCUT2D eigenvalue weighted by atomic mass is 16.5. The number of nitriles is 1. The molecule has 0 spiro atoms. The van der Waals surface area contributed by atoms with E-state index in [2.05, 4.69) is 11.1 Å². The van der Waals surface area contributed by atoms with Gasteiger partial charge in [0, 0.05) is 11.8 Å². The Hall–Kier alpha value is -3.40. The van der Waals surface area contributed by atoms with Crippen molar-refractivity contribution < 1.29 is 14.2 Å². The standard InChI is InChI=1S/C20H21N3O4/c1-4-25-14-7-6-12(9-15(14)26-5-2)17-13(10-21)19(22)27-16-8-11(3)23-20(24)18(16)17/h6-9,17H,4-5,22H2,1-3H3,(H,23,24)/t17-/m0/s1. The summed E-state index contributed by atoms with van der Waals surface area (Å²) in [6, 6.07) is 9.13. The number of nitrogens with two attached hydrogens (primary N) is 1. The number of aromatic amines is 1. The zero-order valence-corrected chi connectivity index (χ0v) is 15.5. The van der Waals surface area contributed by atoms with Crippen molar-refractivity contribution in [3.8, 4) is 23.3 Å². The van der Waals surface area contributed by atoms with E-state index in [9.17, 15) is 10.1 Å². The molecule has 1 aromatic heterocycles. The van der Waals surface area contributed by atoms with Crippen LogP contribution in [-0.4, -0.2) is 18.2 Å². The first kappa shape index (κ1) is 18.4. The fourth-order valence-electron chi connectivity index (χ4n) is 3.19. The molecule has 0 bridgehead atoms. The average Bonchev–Trinajstić information content (AvgIpc) is 2.62. The molecule has 3 N–H and O–H groups in total. The third-order valence-corrected chi connectivity index (χ3v) is 4.25. The van der Waals surface area contributed by atoms with Crippen molar-refractivity contribution in [1.29, 1.82) is 5.26 Å². The van der Waals surface area contributed by atoms with Crippen molar-refractivity contribution in [2.75, 3.05) is 13.2 Å². The average molecular weight is 367 g/mol. The number of nitrogens with one attached hydrogen (secondary N) is 1. The Morgan fingerprint density at radius 2 is 1.93 bits per heavy atom. The van der Waals surface area contributed by atoms with Gasteiger partial charge in [0.15, 0.2) is 11.5 Å². The smallest absolute Gasteiger partial charge is 0.256 e. The Balaban J connectivity index is 2.22. The van der Waals surface area contributed by atoms with Gasteiger partial charge in [-0.1, -0.05) is 6.07 Å². The number of ether oxygens (including phenoxy) is 3. The SMILES string of the molecule is CCOc1ccc([C@H]2C(C#N)=C(N)Oc3cc(C)[nH]c(=O)c32)cc1OCC. The molecule has 3 rings (SSSR count). The van der Waals surface area contributed by atoms with Crippen molar-refractivity contribution in [3.05, 3.63) is 62.9 Å². The number of benzene rings is 1. The van der Waals surface area contributed by atoms with Crippen molar-refractivity contribution in [2.45, 2.75) is 26.7 Å². The lowest BCUT2D eigenvalue weighted by Crippen LogP contribution is -2.28. The molecule has 0 fully saturated rings. The highest BCUT2D eigenvalue weighted by Crippen LogP contribution is 2.42. The van der Waals surface area contributed by atoms with Gasteiger partial charge in [0.05, 0.1) is 24.7 Å². The summed E-state index contributed by atoms with van der Waals surface area (Å²) in [5.41, 5.74) is 7.53. The zero-order valence-electron chi connectivity index (χ0n) is 15.5. The number of aromatic nitrogens is 1. The Labute approximate surface area is 157 Å². The molecule has 0 radical (unpaired) electrons. The number of H-pyrrole nitrogens is 1. The summed E-state index contributed by atoms with van der Waals surface area (Å²) in [5, 5.41) is 9.64. The van der Waals surface area contributed by atoms with Crippen LogP contribution in [0.1, 0.15) is 36.6 Å². The molecule has 0 saturated heterocycles. The van der Waals surface area contributed by atoms with Crippen LogP contribution < -0.4 is 25.5 Å². The summed E-state index contributed by atoms with van der Waals surface area (Å²) in [6.45, 7) is 6.46. The molecule has 7 nitrogen and oxygen atoms in total. The van der Waals surface area contributed by atoms with Gasteiger partial charge >= 0.3 is 0 Å². The van der Waals surface area contributed by atoms with Crippen LogP contribution in [0.25, 0.3) is 0 Å². The van der Waals surface area contributed by atoms with Gasteiger partial charge in [-0.15, -0.1) is 0 Å². The number of fused-ring (bicyclic) bond motifs is 1. The molecular weight excluding hydrogens is 346 g/mol. The lowest BCUT2D eigenvalue weighted by molar-refractivity contribution is 0.287. The molecular formula is C20H21N3O4. The second kappa shape index (κ2) is 7.46. The van der Waals surface area contributed by atoms with Crippen LogP contribution >= 0.6 is 0 Å². The van der Waals surface area contributed by atoms with E-state index < -0.39 is 5.92 Å². The lowest BCUT2D eigenvalue weighted by atomic mass is 9.84. The molecule has 1 aliphatic rings. The molecule has 27 heavy (non-hydrogen) atoms. The fourth-order valence-corrected chi connectivity index (χ4v) is 3.19. The minimum Gasteiger partial charge on any atom is -0.490 e. The second-order valence-electron chi connectivity index (χ2n) is 6.06. The van der Waals surface area contributed by atoms with E-state index in [1.54, 1.807) is 31.2 Å². The van der Waals surface area contributed by atoms with Crippen LogP contribution in [0, 0.1) is 18.3 Å². The van der Waals surface area contributed by atoms with Gasteiger partial charge in [0.25, 0.3) is 5.56 Å². The Kier molecular flexibility index (Phi) is 5.08.